The van der Waals surface area contributed by atoms with Gasteiger partial charge in [-0.3, -0.25) is 14.6 Å². The highest BCUT2D eigenvalue weighted by Crippen LogP contribution is 2.16. The van der Waals surface area contributed by atoms with Crippen LogP contribution in [0, 0.1) is 0 Å². The number of aromatic nitrogens is 2. The zero-order chi connectivity index (χ0) is 16.1. The van der Waals surface area contributed by atoms with Gasteiger partial charge in [-0.25, -0.2) is 4.98 Å². The summed E-state index contributed by atoms with van der Waals surface area (Å²) in [4.78, 5) is 20.0. The molecule has 2 aromatic rings. The molecule has 1 fully saturated rings. The van der Waals surface area contributed by atoms with E-state index in [0.717, 1.165) is 50.7 Å². The Hall–Kier alpha value is -2.18. The molecule has 0 aliphatic carbocycles. The van der Waals surface area contributed by atoms with Crippen LogP contribution >= 0.6 is 0 Å². The number of nitrogens with two attached hydrogens (primary N) is 1. The number of nitrogens with zero attached hydrogens (tertiary/aromatic N) is 4. The molecule has 0 spiro atoms. The third kappa shape index (κ3) is 4.18. The second-order valence-electron chi connectivity index (χ2n) is 5.89. The fourth-order valence-corrected chi connectivity index (χ4v) is 2.98. The summed E-state index contributed by atoms with van der Waals surface area (Å²) in [6.07, 6.45) is 3.89. The number of carbonyl (C=O) groups excluding carboxylic acids is 1. The van der Waals surface area contributed by atoms with Gasteiger partial charge in [-0.2, -0.15) is 0 Å². The number of carbonyl (C=O) groups is 1. The predicted octanol–water partition coefficient (Wildman–Crippen LogP) is 0.653. The van der Waals surface area contributed by atoms with Crippen molar-refractivity contribution < 1.29 is 4.79 Å². The van der Waals surface area contributed by atoms with E-state index in [1.54, 1.807) is 0 Å². The van der Waals surface area contributed by atoms with Gasteiger partial charge >= 0.3 is 0 Å². The molecule has 6 heteroatoms. The van der Waals surface area contributed by atoms with Crippen LogP contribution in [0.4, 0.5) is 0 Å². The van der Waals surface area contributed by atoms with Crippen LogP contribution in [-0.4, -0.2) is 64.5 Å². The normalized spacial score (nSPS) is 16.5. The first kappa shape index (κ1) is 15.7. The molecule has 122 valence electrons. The predicted molar refractivity (Wildman–Crippen MR) is 89.7 cm³/mol. The molecule has 23 heavy (non-hydrogen) atoms. The Morgan fingerprint density at radius 2 is 1.74 bits per heavy atom. The molecule has 0 radical (unpaired) electrons. The van der Waals surface area contributed by atoms with E-state index >= 15 is 0 Å². The second kappa shape index (κ2) is 7.39. The molecule has 0 unspecified atom stereocenters. The van der Waals surface area contributed by atoms with Crippen LogP contribution in [0.3, 0.4) is 0 Å². The highest BCUT2D eigenvalue weighted by molar-refractivity contribution is 5.75. The Morgan fingerprint density at radius 3 is 2.43 bits per heavy atom. The molecule has 1 aliphatic heterocycles. The minimum Gasteiger partial charge on any atom is -0.369 e. The zero-order valence-electron chi connectivity index (χ0n) is 13.3. The van der Waals surface area contributed by atoms with Crippen LogP contribution in [0.25, 0.3) is 11.4 Å². The Labute approximate surface area is 136 Å². The molecule has 1 aliphatic rings. The smallest absolute Gasteiger partial charge is 0.231 e. The molecule has 6 nitrogen and oxygen atoms in total. The first-order chi connectivity index (χ1) is 11.2. The van der Waals surface area contributed by atoms with E-state index in [1.807, 2.05) is 30.6 Å². The van der Waals surface area contributed by atoms with E-state index in [4.69, 9.17) is 5.73 Å². The Kier molecular flexibility index (Phi) is 5.05. The lowest BCUT2D eigenvalue weighted by molar-refractivity contribution is -0.119. The van der Waals surface area contributed by atoms with Crippen molar-refractivity contribution in [3.8, 4) is 11.4 Å². The van der Waals surface area contributed by atoms with Gasteiger partial charge in [-0.15, -0.1) is 0 Å². The van der Waals surface area contributed by atoms with Crippen molar-refractivity contribution in [3.05, 3.63) is 42.7 Å². The molecule has 1 saturated heterocycles. The minimum atomic E-state index is -0.246. The summed E-state index contributed by atoms with van der Waals surface area (Å²) in [5.74, 6) is 0.766. The minimum absolute atomic E-state index is 0.246. The summed E-state index contributed by atoms with van der Waals surface area (Å²) in [5, 5.41) is 0. The number of imidazole rings is 1. The van der Waals surface area contributed by atoms with Gasteiger partial charge in [0.25, 0.3) is 0 Å². The zero-order valence-corrected chi connectivity index (χ0v) is 13.3. The second-order valence-corrected chi connectivity index (χ2v) is 5.89. The van der Waals surface area contributed by atoms with Crippen LogP contribution in [-0.2, 0) is 11.3 Å². The molecule has 1 aromatic heterocycles. The Morgan fingerprint density at radius 1 is 1.04 bits per heavy atom. The quantitative estimate of drug-likeness (QED) is 0.850. The number of primary amides is 1. The Balaban J connectivity index is 1.52. The molecule has 1 aromatic carbocycles. The summed E-state index contributed by atoms with van der Waals surface area (Å²) >= 11 is 0. The summed E-state index contributed by atoms with van der Waals surface area (Å²) < 4.78 is 2.20. The van der Waals surface area contributed by atoms with Gasteiger partial charge in [-0.05, 0) is 0 Å². The van der Waals surface area contributed by atoms with Gasteiger partial charge < -0.3 is 10.3 Å². The van der Waals surface area contributed by atoms with Crippen molar-refractivity contribution in [1.82, 2.24) is 19.4 Å². The average Bonchev–Trinajstić information content (AvgIpc) is 3.03. The van der Waals surface area contributed by atoms with Crippen LogP contribution in [0.2, 0.25) is 0 Å². The number of amides is 1. The van der Waals surface area contributed by atoms with E-state index in [0.29, 0.717) is 6.54 Å². The third-order valence-corrected chi connectivity index (χ3v) is 4.25. The summed E-state index contributed by atoms with van der Waals surface area (Å²) in [5.41, 5.74) is 6.39. The first-order valence-corrected chi connectivity index (χ1v) is 8.02. The maximum Gasteiger partial charge on any atom is 0.231 e. The van der Waals surface area contributed by atoms with E-state index in [-0.39, 0.29) is 5.91 Å². The van der Waals surface area contributed by atoms with E-state index < -0.39 is 0 Å². The molecule has 1 amide bonds. The topological polar surface area (TPSA) is 67.4 Å². The van der Waals surface area contributed by atoms with Gasteiger partial charge in [-0.1, -0.05) is 30.3 Å². The highest BCUT2D eigenvalue weighted by atomic mass is 16.1. The number of hydrogen-bond donors (Lipinski definition) is 1. The molecule has 0 saturated carbocycles. The first-order valence-electron chi connectivity index (χ1n) is 8.02. The molecular weight excluding hydrogens is 290 g/mol. The Bertz CT molecular complexity index is 631. The summed E-state index contributed by atoms with van der Waals surface area (Å²) in [6.45, 7) is 6.02. The molecule has 2 heterocycles. The van der Waals surface area contributed by atoms with E-state index in [1.165, 1.54) is 0 Å². The number of benzene rings is 1. The van der Waals surface area contributed by atoms with E-state index in [9.17, 15) is 4.79 Å². The van der Waals surface area contributed by atoms with Gasteiger partial charge in [0.15, 0.2) is 0 Å². The fourth-order valence-electron chi connectivity index (χ4n) is 2.98. The molecule has 2 N–H and O–H groups in total. The molecular formula is C17H23N5O. The maximum atomic E-state index is 11.0. The van der Waals surface area contributed by atoms with Crippen molar-refractivity contribution in [2.75, 3.05) is 39.3 Å². The van der Waals surface area contributed by atoms with Gasteiger partial charge in [0, 0.05) is 57.2 Å². The highest BCUT2D eigenvalue weighted by Gasteiger charge is 2.18. The van der Waals surface area contributed by atoms with Gasteiger partial charge in [0.1, 0.15) is 5.82 Å². The van der Waals surface area contributed by atoms with Crippen LogP contribution in [0.5, 0.6) is 0 Å². The average molecular weight is 313 g/mol. The standard InChI is InChI=1S/C17H23N5O/c18-16(23)14-21-10-8-20(9-11-21)12-13-22-7-6-19-17(22)15-4-2-1-3-5-15/h1-7H,8-14H2,(H2,18,23). The summed E-state index contributed by atoms with van der Waals surface area (Å²) in [6, 6.07) is 10.3. The lowest BCUT2D eigenvalue weighted by atomic mass is 10.2. The number of hydrogen-bond acceptors (Lipinski definition) is 4. The SMILES string of the molecule is NC(=O)CN1CCN(CCn2ccnc2-c2ccccc2)CC1. The van der Waals surface area contributed by atoms with E-state index in [2.05, 4.69) is 31.5 Å². The molecule has 3 rings (SSSR count). The fraction of sp³-hybridized carbons (Fsp3) is 0.412. The van der Waals surface area contributed by atoms with Gasteiger partial charge in [0.2, 0.25) is 5.91 Å². The molecule has 0 atom stereocenters. The van der Waals surface area contributed by atoms with Crippen molar-refractivity contribution in [3.63, 3.8) is 0 Å². The number of rotatable bonds is 6. The van der Waals surface area contributed by atoms with Gasteiger partial charge in [0.05, 0.1) is 6.54 Å². The lowest BCUT2D eigenvalue weighted by Gasteiger charge is -2.34. The summed E-state index contributed by atoms with van der Waals surface area (Å²) in [7, 11) is 0. The monoisotopic (exact) mass is 313 g/mol. The van der Waals surface area contributed by atoms with Crippen LogP contribution < -0.4 is 5.73 Å². The largest absolute Gasteiger partial charge is 0.369 e. The number of piperazine rings is 1. The van der Waals surface area contributed by atoms with Crippen LogP contribution in [0.1, 0.15) is 0 Å². The third-order valence-electron chi connectivity index (χ3n) is 4.25. The lowest BCUT2D eigenvalue weighted by Crippen LogP contribution is -2.49. The van der Waals surface area contributed by atoms with Crippen molar-refractivity contribution in [2.45, 2.75) is 6.54 Å². The maximum absolute atomic E-state index is 11.0. The van der Waals surface area contributed by atoms with Crippen molar-refractivity contribution >= 4 is 5.91 Å². The van der Waals surface area contributed by atoms with Crippen LogP contribution in [0.15, 0.2) is 42.7 Å². The van der Waals surface area contributed by atoms with Crippen molar-refractivity contribution in [2.24, 2.45) is 5.73 Å². The van der Waals surface area contributed by atoms with Crippen molar-refractivity contribution in [1.29, 1.82) is 0 Å². The molecule has 0 bridgehead atoms.